The minimum absolute atomic E-state index is 0.175. The monoisotopic (exact) mass is 337 g/mol. The zero-order valence-corrected chi connectivity index (χ0v) is 13.3. The van der Waals surface area contributed by atoms with Gasteiger partial charge in [0.1, 0.15) is 0 Å². The standard InChI is InChI=1S/C15H20BrN3O/c1-18-13-3-2-12(16)8-14(13)19(10-15(18)20)9-11-4-6-17-7-5-11/h2-3,8,11,17H,4-7,9-10H2,1H3. The number of likely N-dealkylation sites (N-methyl/N-ethyl adjacent to an activating group) is 1. The second kappa shape index (κ2) is 5.74. The second-order valence-electron chi connectivity index (χ2n) is 5.66. The topological polar surface area (TPSA) is 35.6 Å². The number of carbonyl (C=O) groups is 1. The SMILES string of the molecule is CN1C(=O)CN(CC2CCNCC2)c2cc(Br)ccc21. The van der Waals surface area contributed by atoms with E-state index in [2.05, 4.69) is 32.2 Å². The Kier molecular flexibility index (Phi) is 3.98. The van der Waals surface area contributed by atoms with Crippen molar-refractivity contribution in [2.24, 2.45) is 5.92 Å². The first-order chi connectivity index (χ1) is 9.65. The fourth-order valence-electron chi connectivity index (χ4n) is 3.06. The van der Waals surface area contributed by atoms with Gasteiger partial charge in [0.05, 0.1) is 17.9 Å². The van der Waals surface area contributed by atoms with E-state index in [4.69, 9.17) is 0 Å². The summed E-state index contributed by atoms with van der Waals surface area (Å²) in [6.45, 7) is 3.66. The molecular formula is C15H20BrN3O. The van der Waals surface area contributed by atoms with Crippen molar-refractivity contribution in [3.05, 3.63) is 22.7 Å². The molecule has 2 aliphatic heterocycles. The highest BCUT2D eigenvalue weighted by atomic mass is 79.9. The van der Waals surface area contributed by atoms with Gasteiger partial charge in [0, 0.05) is 18.1 Å². The van der Waals surface area contributed by atoms with Gasteiger partial charge < -0.3 is 15.1 Å². The van der Waals surface area contributed by atoms with Crippen LogP contribution in [0, 0.1) is 5.92 Å². The summed E-state index contributed by atoms with van der Waals surface area (Å²) >= 11 is 3.54. The molecule has 1 N–H and O–H groups in total. The van der Waals surface area contributed by atoms with Gasteiger partial charge in [-0.05, 0) is 50.0 Å². The Bertz CT molecular complexity index is 514. The molecule has 1 amide bonds. The molecule has 0 atom stereocenters. The summed E-state index contributed by atoms with van der Waals surface area (Å²) in [4.78, 5) is 16.2. The number of anilines is 2. The number of rotatable bonds is 2. The molecule has 0 saturated carbocycles. The predicted octanol–water partition coefficient (Wildman–Crippen LogP) is 2.23. The lowest BCUT2D eigenvalue weighted by atomic mass is 9.96. The molecular weight excluding hydrogens is 318 g/mol. The van der Waals surface area contributed by atoms with Crippen LogP contribution in [0.5, 0.6) is 0 Å². The minimum Gasteiger partial charge on any atom is -0.360 e. The van der Waals surface area contributed by atoms with Crippen molar-refractivity contribution in [3.8, 4) is 0 Å². The molecule has 20 heavy (non-hydrogen) atoms. The molecule has 3 rings (SSSR count). The maximum atomic E-state index is 12.2. The Morgan fingerprint density at radius 3 is 2.80 bits per heavy atom. The number of fused-ring (bicyclic) bond motifs is 1. The van der Waals surface area contributed by atoms with Gasteiger partial charge in [0.2, 0.25) is 5.91 Å². The third kappa shape index (κ3) is 2.69. The summed E-state index contributed by atoms with van der Waals surface area (Å²) in [6.07, 6.45) is 2.40. The van der Waals surface area contributed by atoms with Crippen LogP contribution in [0.3, 0.4) is 0 Å². The first-order valence-electron chi connectivity index (χ1n) is 7.17. The largest absolute Gasteiger partial charge is 0.360 e. The summed E-state index contributed by atoms with van der Waals surface area (Å²) in [5.41, 5.74) is 2.18. The highest BCUT2D eigenvalue weighted by molar-refractivity contribution is 9.10. The van der Waals surface area contributed by atoms with Gasteiger partial charge in [-0.3, -0.25) is 4.79 Å². The van der Waals surface area contributed by atoms with Crippen molar-refractivity contribution < 1.29 is 4.79 Å². The van der Waals surface area contributed by atoms with Gasteiger partial charge in [-0.1, -0.05) is 15.9 Å². The van der Waals surface area contributed by atoms with Crippen LogP contribution in [0.15, 0.2) is 22.7 Å². The van der Waals surface area contributed by atoms with Crippen LogP contribution >= 0.6 is 15.9 Å². The lowest BCUT2D eigenvalue weighted by Crippen LogP contribution is -2.46. The summed E-state index contributed by atoms with van der Waals surface area (Å²) < 4.78 is 1.06. The molecule has 0 aliphatic carbocycles. The molecule has 1 aromatic rings. The number of carbonyl (C=O) groups excluding carboxylic acids is 1. The molecule has 108 valence electrons. The molecule has 2 aliphatic rings. The summed E-state index contributed by atoms with van der Waals surface area (Å²) in [5, 5.41) is 3.39. The average molecular weight is 338 g/mol. The Morgan fingerprint density at radius 1 is 1.30 bits per heavy atom. The van der Waals surface area contributed by atoms with Crippen LogP contribution in [-0.4, -0.2) is 39.1 Å². The van der Waals surface area contributed by atoms with E-state index in [1.165, 1.54) is 18.5 Å². The van der Waals surface area contributed by atoms with Crippen molar-refractivity contribution in [3.63, 3.8) is 0 Å². The van der Waals surface area contributed by atoms with E-state index in [1.54, 1.807) is 4.90 Å². The number of nitrogens with zero attached hydrogens (tertiary/aromatic N) is 2. The van der Waals surface area contributed by atoms with E-state index in [0.29, 0.717) is 12.5 Å². The molecule has 5 heteroatoms. The van der Waals surface area contributed by atoms with Gasteiger partial charge in [-0.2, -0.15) is 0 Å². The maximum absolute atomic E-state index is 12.2. The van der Waals surface area contributed by atoms with E-state index >= 15 is 0 Å². The van der Waals surface area contributed by atoms with Gasteiger partial charge in [0.25, 0.3) is 0 Å². The molecule has 0 aromatic heterocycles. The first kappa shape index (κ1) is 13.9. The summed E-state index contributed by atoms with van der Waals surface area (Å²) in [7, 11) is 1.86. The van der Waals surface area contributed by atoms with Gasteiger partial charge in [-0.25, -0.2) is 0 Å². The van der Waals surface area contributed by atoms with Crippen molar-refractivity contribution >= 4 is 33.2 Å². The van der Waals surface area contributed by atoms with Crippen molar-refractivity contribution in [1.29, 1.82) is 0 Å². The zero-order chi connectivity index (χ0) is 14.1. The average Bonchev–Trinajstić information content (AvgIpc) is 2.45. The van der Waals surface area contributed by atoms with E-state index in [9.17, 15) is 4.79 Å². The summed E-state index contributed by atoms with van der Waals surface area (Å²) in [6, 6.07) is 6.14. The van der Waals surface area contributed by atoms with E-state index < -0.39 is 0 Å². The van der Waals surface area contributed by atoms with E-state index in [1.807, 2.05) is 19.2 Å². The third-order valence-corrected chi connectivity index (χ3v) is 4.77. The number of amides is 1. The van der Waals surface area contributed by atoms with Crippen LogP contribution in [0.25, 0.3) is 0 Å². The van der Waals surface area contributed by atoms with Crippen LogP contribution in [0.1, 0.15) is 12.8 Å². The van der Waals surface area contributed by atoms with E-state index in [-0.39, 0.29) is 5.91 Å². The van der Waals surface area contributed by atoms with Crippen LogP contribution < -0.4 is 15.1 Å². The highest BCUT2D eigenvalue weighted by Crippen LogP contribution is 2.36. The molecule has 2 heterocycles. The first-order valence-corrected chi connectivity index (χ1v) is 7.96. The van der Waals surface area contributed by atoms with Crippen molar-refractivity contribution in [2.75, 3.05) is 43.0 Å². The molecule has 1 fully saturated rings. The number of halogens is 1. The van der Waals surface area contributed by atoms with Gasteiger partial charge >= 0.3 is 0 Å². The minimum atomic E-state index is 0.175. The predicted molar refractivity (Wildman–Crippen MR) is 85.4 cm³/mol. The molecule has 0 bridgehead atoms. The maximum Gasteiger partial charge on any atom is 0.246 e. The number of nitrogens with one attached hydrogen (secondary N) is 1. The quantitative estimate of drug-likeness (QED) is 0.898. The highest BCUT2D eigenvalue weighted by Gasteiger charge is 2.28. The zero-order valence-electron chi connectivity index (χ0n) is 11.7. The van der Waals surface area contributed by atoms with Gasteiger partial charge in [0.15, 0.2) is 0 Å². The number of hydrogen-bond donors (Lipinski definition) is 1. The normalized spacial score (nSPS) is 20.2. The summed E-state index contributed by atoms with van der Waals surface area (Å²) in [5.74, 6) is 0.855. The fourth-order valence-corrected chi connectivity index (χ4v) is 3.41. The third-order valence-electron chi connectivity index (χ3n) is 4.28. The van der Waals surface area contributed by atoms with Crippen LogP contribution in [0.2, 0.25) is 0 Å². The molecule has 0 radical (unpaired) electrons. The molecule has 1 saturated heterocycles. The Morgan fingerprint density at radius 2 is 2.05 bits per heavy atom. The van der Waals surface area contributed by atoms with Crippen LogP contribution in [-0.2, 0) is 4.79 Å². The Hall–Kier alpha value is -1.07. The smallest absolute Gasteiger partial charge is 0.246 e. The number of piperidine rings is 1. The lowest BCUT2D eigenvalue weighted by Gasteiger charge is -2.38. The second-order valence-corrected chi connectivity index (χ2v) is 6.58. The lowest BCUT2D eigenvalue weighted by molar-refractivity contribution is -0.117. The van der Waals surface area contributed by atoms with Crippen LogP contribution in [0.4, 0.5) is 11.4 Å². The molecule has 0 unspecified atom stereocenters. The molecule has 4 nitrogen and oxygen atoms in total. The number of benzene rings is 1. The van der Waals surface area contributed by atoms with E-state index in [0.717, 1.165) is 29.8 Å². The fraction of sp³-hybridized carbons (Fsp3) is 0.533. The molecule has 0 spiro atoms. The molecule has 1 aromatic carbocycles. The Labute approximate surface area is 128 Å². The van der Waals surface area contributed by atoms with Gasteiger partial charge in [-0.15, -0.1) is 0 Å². The Balaban J connectivity index is 1.86. The van der Waals surface area contributed by atoms with Crippen molar-refractivity contribution in [1.82, 2.24) is 5.32 Å². The van der Waals surface area contributed by atoms with Crippen molar-refractivity contribution in [2.45, 2.75) is 12.8 Å². The number of hydrogen-bond acceptors (Lipinski definition) is 3.